The number of ether oxygens (including phenoxy) is 1. The molecule has 0 unspecified atom stereocenters. The van der Waals surface area contributed by atoms with Gasteiger partial charge in [0.25, 0.3) is 0 Å². The smallest absolute Gasteiger partial charge is 0.141 e. The molecular weight excluding hydrogens is 258 g/mol. The van der Waals surface area contributed by atoms with E-state index >= 15 is 0 Å². The molecule has 0 radical (unpaired) electrons. The molecule has 3 heterocycles. The maximum Gasteiger partial charge on any atom is 0.141 e. The highest BCUT2D eigenvalue weighted by molar-refractivity contribution is 7.18. The Hall–Kier alpha value is -1.20. The minimum Gasteiger partial charge on any atom is -0.372 e. The summed E-state index contributed by atoms with van der Waals surface area (Å²) in [4.78, 5) is 13.7. The van der Waals surface area contributed by atoms with Gasteiger partial charge in [0, 0.05) is 18.0 Å². The summed E-state index contributed by atoms with van der Waals surface area (Å²) in [5.41, 5.74) is 1.31. The lowest BCUT2D eigenvalue weighted by Gasteiger charge is -2.36. The summed E-state index contributed by atoms with van der Waals surface area (Å²) in [5.74, 6) is 1.06. The number of morpholine rings is 1. The first kappa shape index (κ1) is 12.8. The third-order valence-corrected chi connectivity index (χ3v) is 4.78. The highest BCUT2D eigenvalue weighted by Gasteiger charge is 2.25. The van der Waals surface area contributed by atoms with Crippen molar-refractivity contribution in [3.05, 3.63) is 16.8 Å². The first-order valence-electron chi connectivity index (χ1n) is 6.67. The Morgan fingerprint density at radius 3 is 2.58 bits per heavy atom. The van der Waals surface area contributed by atoms with Crippen LogP contribution in [0.25, 0.3) is 10.2 Å². The van der Waals surface area contributed by atoms with Crippen LogP contribution in [0, 0.1) is 13.8 Å². The molecule has 1 aliphatic rings. The highest BCUT2D eigenvalue weighted by Crippen LogP contribution is 2.35. The number of aromatic nitrogens is 2. The molecule has 5 heteroatoms. The number of nitrogens with zero attached hydrogens (tertiary/aromatic N) is 3. The van der Waals surface area contributed by atoms with Crippen LogP contribution in [0.4, 0.5) is 5.82 Å². The topological polar surface area (TPSA) is 38.2 Å². The van der Waals surface area contributed by atoms with Gasteiger partial charge in [-0.25, -0.2) is 9.97 Å². The van der Waals surface area contributed by atoms with E-state index in [2.05, 4.69) is 42.6 Å². The number of hydrogen-bond donors (Lipinski definition) is 0. The lowest BCUT2D eigenvalue weighted by molar-refractivity contribution is -0.00537. The van der Waals surface area contributed by atoms with Crippen LogP contribution in [0.1, 0.15) is 24.3 Å². The molecule has 19 heavy (non-hydrogen) atoms. The van der Waals surface area contributed by atoms with E-state index in [1.807, 2.05) is 0 Å². The van der Waals surface area contributed by atoms with Gasteiger partial charge in [-0.3, -0.25) is 0 Å². The van der Waals surface area contributed by atoms with E-state index in [1.165, 1.54) is 15.8 Å². The first-order chi connectivity index (χ1) is 9.06. The lowest BCUT2D eigenvalue weighted by atomic mass is 10.1. The van der Waals surface area contributed by atoms with E-state index in [-0.39, 0.29) is 12.2 Å². The third-order valence-electron chi connectivity index (χ3n) is 3.66. The van der Waals surface area contributed by atoms with Gasteiger partial charge < -0.3 is 9.64 Å². The molecule has 0 N–H and O–H groups in total. The quantitative estimate of drug-likeness (QED) is 0.803. The van der Waals surface area contributed by atoms with Gasteiger partial charge >= 0.3 is 0 Å². The Balaban J connectivity index is 2.09. The summed E-state index contributed by atoms with van der Waals surface area (Å²) in [6.45, 7) is 10.3. The molecule has 102 valence electrons. The largest absolute Gasteiger partial charge is 0.372 e. The summed E-state index contributed by atoms with van der Waals surface area (Å²) in [5, 5.41) is 1.21. The van der Waals surface area contributed by atoms with Gasteiger partial charge in [-0.15, -0.1) is 11.3 Å². The Labute approximate surface area is 117 Å². The molecule has 2 aromatic heterocycles. The summed E-state index contributed by atoms with van der Waals surface area (Å²) in [6.07, 6.45) is 2.17. The van der Waals surface area contributed by atoms with Gasteiger partial charge in [0.1, 0.15) is 17.0 Å². The number of rotatable bonds is 1. The molecule has 0 saturated carbocycles. The van der Waals surface area contributed by atoms with E-state index in [0.29, 0.717) is 0 Å². The zero-order chi connectivity index (χ0) is 13.6. The Bertz CT molecular complexity index is 600. The van der Waals surface area contributed by atoms with Crippen LogP contribution in [0.2, 0.25) is 0 Å². The second kappa shape index (κ2) is 4.72. The lowest BCUT2D eigenvalue weighted by Crippen LogP contribution is -2.45. The summed E-state index contributed by atoms with van der Waals surface area (Å²) in [7, 11) is 0. The summed E-state index contributed by atoms with van der Waals surface area (Å²) < 4.78 is 5.80. The second-order valence-corrected chi connectivity index (χ2v) is 6.53. The van der Waals surface area contributed by atoms with Crippen molar-refractivity contribution in [2.24, 2.45) is 0 Å². The minimum absolute atomic E-state index is 0.244. The van der Waals surface area contributed by atoms with Crippen molar-refractivity contribution in [3.63, 3.8) is 0 Å². The third kappa shape index (κ3) is 2.21. The molecule has 4 nitrogen and oxygen atoms in total. The van der Waals surface area contributed by atoms with Crippen LogP contribution >= 0.6 is 11.3 Å². The van der Waals surface area contributed by atoms with Gasteiger partial charge in [0.2, 0.25) is 0 Å². The highest BCUT2D eigenvalue weighted by atomic mass is 32.1. The number of fused-ring (bicyclic) bond motifs is 1. The normalized spacial score (nSPS) is 24.1. The molecule has 1 saturated heterocycles. The molecule has 0 aliphatic carbocycles. The fourth-order valence-corrected chi connectivity index (χ4v) is 3.75. The van der Waals surface area contributed by atoms with E-state index in [4.69, 9.17) is 4.74 Å². The van der Waals surface area contributed by atoms with E-state index in [9.17, 15) is 0 Å². The van der Waals surface area contributed by atoms with Crippen LogP contribution in [0.3, 0.4) is 0 Å². The number of hydrogen-bond acceptors (Lipinski definition) is 5. The van der Waals surface area contributed by atoms with Gasteiger partial charge in [-0.05, 0) is 33.3 Å². The predicted molar refractivity (Wildman–Crippen MR) is 79.1 cm³/mol. The van der Waals surface area contributed by atoms with Gasteiger partial charge in [-0.2, -0.15) is 0 Å². The van der Waals surface area contributed by atoms with Gasteiger partial charge in [0.05, 0.1) is 17.6 Å². The van der Waals surface area contributed by atoms with Crippen molar-refractivity contribution in [3.8, 4) is 0 Å². The average molecular weight is 277 g/mol. The van der Waals surface area contributed by atoms with Crippen molar-refractivity contribution >= 4 is 27.4 Å². The van der Waals surface area contributed by atoms with E-state index < -0.39 is 0 Å². The van der Waals surface area contributed by atoms with Gasteiger partial charge in [-0.1, -0.05) is 0 Å². The molecule has 2 atom stereocenters. The molecule has 2 aromatic rings. The maximum atomic E-state index is 5.80. The second-order valence-electron chi connectivity index (χ2n) is 5.32. The molecule has 0 spiro atoms. The van der Waals surface area contributed by atoms with Crippen LogP contribution < -0.4 is 4.90 Å². The Kier molecular flexibility index (Phi) is 3.19. The van der Waals surface area contributed by atoms with Crippen molar-refractivity contribution in [2.75, 3.05) is 18.0 Å². The molecule has 0 aromatic carbocycles. The fraction of sp³-hybridized carbons (Fsp3) is 0.571. The van der Waals surface area contributed by atoms with Crippen molar-refractivity contribution in [1.82, 2.24) is 9.97 Å². The predicted octanol–water partition coefficient (Wildman–Crippen LogP) is 2.92. The first-order valence-corrected chi connectivity index (χ1v) is 7.49. The van der Waals surface area contributed by atoms with Crippen molar-refractivity contribution in [1.29, 1.82) is 0 Å². The summed E-state index contributed by atoms with van der Waals surface area (Å²) >= 11 is 1.75. The molecule has 1 fully saturated rings. The molecule has 0 amide bonds. The van der Waals surface area contributed by atoms with Crippen molar-refractivity contribution < 1.29 is 4.74 Å². The molecular formula is C14H19N3OS. The van der Waals surface area contributed by atoms with E-state index in [0.717, 1.165) is 23.7 Å². The summed E-state index contributed by atoms with van der Waals surface area (Å²) in [6, 6.07) is 0. The number of aryl methyl sites for hydroxylation is 2. The Morgan fingerprint density at radius 2 is 1.89 bits per heavy atom. The number of anilines is 1. The zero-order valence-electron chi connectivity index (χ0n) is 11.8. The average Bonchev–Trinajstić information content (AvgIpc) is 2.64. The van der Waals surface area contributed by atoms with Gasteiger partial charge in [0.15, 0.2) is 0 Å². The van der Waals surface area contributed by atoms with Crippen LogP contribution in [-0.4, -0.2) is 35.3 Å². The Morgan fingerprint density at radius 1 is 1.21 bits per heavy atom. The number of thiophene rings is 1. The minimum atomic E-state index is 0.244. The van der Waals surface area contributed by atoms with Crippen molar-refractivity contribution in [2.45, 2.75) is 39.9 Å². The maximum absolute atomic E-state index is 5.80. The molecule has 0 bridgehead atoms. The molecule has 3 rings (SSSR count). The van der Waals surface area contributed by atoms with Crippen LogP contribution in [0.5, 0.6) is 0 Å². The van der Waals surface area contributed by atoms with E-state index in [1.54, 1.807) is 17.7 Å². The standard InChI is InChI=1S/C14H19N3OS/c1-8-5-17(6-9(2)18-8)13-12-10(3)11(4)19-14(12)16-7-15-13/h7-9H,5-6H2,1-4H3/t8-,9+. The molecule has 1 aliphatic heterocycles. The zero-order valence-corrected chi connectivity index (χ0v) is 12.6. The van der Waals surface area contributed by atoms with Crippen LogP contribution in [-0.2, 0) is 4.74 Å². The fourth-order valence-electron chi connectivity index (χ4n) is 2.75. The monoisotopic (exact) mass is 277 g/mol. The van der Waals surface area contributed by atoms with Crippen LogP contribution in [0.15, 0.2) is 6.33 Å². The SMILES string of the molecule is Cc1sc2ncnc(N3C[C@@H](C)O[C@@H](C)C3)c2c1C.